The second-order valence-corrected chi connectivity index (χ2v) is 8.91. The van der Waals surface area contributed by atoms with Crippen LogP contribution in [0.2, 0.25) is 0 Å². The van der Waals surface area contributed by atoms with Gasteiger partial charge in [-0.25, -0.2) is 0 Å². The van der Waals surface area contributed by atoms with Gasteiger partial charge >= 0.3 is 0 Å². The summed E-state index contributed by atoms with van der Waals surface area (Å²) >= 11 is 0. The number of carbonyl (C=O) groups excluding carboxylic acids is 2. The molecule has 3 rings (SSSR count). The number of imide groups is 1. The van der Waals surface area contributed by atoms with Gasteiger partial charge in [-0.15, -0.1) is 0 Å². The lowest BCUT2D eigenvalue weighted by atomic mass is 9.97. The van der Waals surface area contributed by atoms with E-state index in [0.717, 1.165) is 62.9 Å². The fourth-order valence-corrected chi connectivity index (χ4v) is 4.22. The van der Waals surface area contributed by atoms with Crippen LogP contribution in [0.5, 0.6) is 5.75 Å². The van der Waals surface area contributed by atoms with E-state index in [0.29, 0.717) is 23.7 Å². The summed E-state index contributed by atoms with van der Waals surface area (Å²) in [6.45, 7) is 10.6. The predicted octanol–water partition coefficient (Wildman–Crippen LogP) is 4.87. The van der Waals surface area contributed by atoms with Crippen molar-refractivity contribution in [3.63, 3.8) is 0 Å². The summed E-state index contributed by atoms with van der Waals surface area (Å²) in [4.78, 5) is 30.3. The maximum atomic E-state index is 13.3. The van der Waals surface area contributed by atoms with Crippen LogP contribution in [0.15, 0.2) is 30.0 Å². The number of unbranched alkanes of at least 4 members (excludes halogenated alkanes) is 3. The summed E-state index contributed by atoms with van der Waals surface area (Å²) in [5, 5.41) is 0. The van der Waals surface area contributed by atoms with E-state index in [4.69, 9.17) is 4.74 Å². The standard InChI is InChI=1S/C25H36N2O3/c1-5-6-7-8-15-27-24(28)22(20-9-11-21(12-10-20)30-18(2)3)23(25(27)29)26-16-13-19(4)14-17-26/h9-12,18-19H,5-8,13-17H2,1-4H3. The number of carbonyl (C=O) groups is 2. The number of amides is 2. The second-order valence-electron chi connectivity index (χ2n) is 8.91. The molecule has 1 aromatic carbocycles. The van der Waals surface area contributed by atoms with Crippen LogP contribution in [-0.4, -0.2) is 47.4 Å². The second kappa shape index (κ2) is 10.1. The highest BCUT2D eigenvalue weighted by molar-refractivity contribution is 6.35. The van der Waals surface area contributed by atoms with E-state index in [1.807, 2.05) is 38.1 Å². The minimum atomic E-state index is -0.150. The van der Waals surface area contributed by atoms with Gasteiger partial charge in [-0.3, -0.25) is 14.5 Å². The molecule has 0 bridgehead atoms. The zero-order valence-corrected chi connectivity index (χ0v) is 18.9. The van der Waals surface area contributed by atoms with Crippen LogP contribution in [0.4, 0.5) is 0 Å². The van der Waals surface area contributed by atoms with E-state index in [1.165, 1.54) is 4.90 Å². The van der Waals surface area contributed by atoms with Gasteiger partial charge in [0.2, 0.25) is 0 Å². The van der Waals surface area contributed by atoms with Gasteiger partial charge in [-0.1, -0.05) is 45.2 Å². The SMILES string of the molecule is CCCCCCN1C(=O)C(c2ccc(OC(C)C)cc2)=C(N2CCC(C)CC2)C1=O. The molecule has 1 saturated heterocycles. The summed E-state index contributed by atoms with van der Waals surface area (Å²) in [6, 6.07) is 7.59. The van der Waals surface area contributed by atoms with Crippen molar-refractivity contribution in [3.8, 4) is 5.75 Å². The first kappa shape index (κ1) is 22.4. The van der Waals surface area contributed by atoms with Crippen LogP contribution in [0, 0.1) is 5.92 Å². The molecule has 0 atom stereocenters. The quantitative estimate of drug-likeness (QED) is 0.429. The monoisotopic (exact) mass is 412 g/mol. The first-order valence-electron chi connectivity index (χ1n) is 11.5. The number of ether oxygens (including phenoxy) is 1. The van der Waals surface area contributed by atoms with Crippen molar-refractivity contribution in [2.45, 2.75) is 72.3 Å². The smallest absolute Gasteiger partial charge is 0.277 e. The van der Waals surface area contributed by atoms with E-state index < -0.39 is 0 Å². The van der Waals surface area contributed by atoms with Gasteiger partial charge in [0, 0.05) is 19.6 Å². The van der Waals surface area contributed by atoms with Gasteiger partial charge in [0.05, 0.1) is 11.7 Å². The van der Waals surface area contributed by atoms with Crippen molar-refractivity contribution < 1.29 is 14.3 Å². The summed E-state index contributed by atoms with van der Waals surface area (Å²) in [7, 11) is 0. The predicted molar refractivity (Wildman–Crippen MR) is 120 cm³/mol. The van der Waals surface area contributed by atoms with E-state index in [2.05, 4.69) is 18.7 Å². The van der Waals surface area contributed by atoms with E-state index in [9.17, 15) is 9.59 Å². The highest BCUT2D eigenvalue weighted by atomic mass is 16.5. The zero-order valence-electron chi connectivity index (χ0n) is 18.9. The molecule has 5 nitrogen and oxygen atoms in total. The molecule has 5 heteroatoms. The Hall–Kier alpha value is -2.30. The molecule has 0 unspecified atom stereocenters. The molecule has 2 amide bonds. The number of hydrogen-bond donors (Lipinski definition) is 0. The lowest BCUT2D eigenvalue weighted by Gasteiger charge is -2.32. The molecule has 0 N–H and O–H groups in total. The number of hydrogen-bond acceptors (Lipinski definition) is 4. The lowest BCUT2D eigenvalue weighted by Crippen LogP contribution is -2.38. The Morgan fingerprint density at radius 3 is 2.27 bits per heavy atom. The zero-order chi connectivity index (χ0) is 21.7. The molecule has 0 radical (unpaired) electrons. The van der Waals surface area contributed by atoms with Crippen molar-refractivity contribution in [3.05, 3.63) is 35.5 Å². The Morgan fingerprint density at radius 1 is 1.00 bits per heavy atom. The van der Waals surface area contributed by atoms with Gasteiger partial charge in [0.1, 0.15) is 11.4 Å². The van der Waals surface area contributed by atoms with E-state index in [-0.39, 0.29) is 17.9 Å². The van der Waals surface area contributed by atoms with Gasteiger partial charge in [0.15, 0.2) is 0 Å². The van der Waals surface area contributed by atoms with Gasteiger partial charge in [0.25, 0.3) is 11.8 Å². The third-order valence-electron chi connectivity index (χ3n) is 5.99. The molecular formula is C25H36N2O3. The maximum Gasteiger partial charge on any atom is 0.277 e. The van der Waals surface area contributed by atoms with Gasteiger partial charge in [-0.2, -0.15) is 0 Å². The molecule has 1 aromatic rings. The molecule has 0 aromatic heterocycles. The highest BCUT2D eigenvalue weighted by Crippen LogP contribution is 2.34. The van der Waals surface area contributed by atoms with Crippen molar-refractivity contribution in [2.75, 3.05) is 19.6 Å². The van der Waals surface area contributed by atoms with Crippen LogP contribution >= 0.6 is 0 Å². The van der Waals surface area contributed by atoms with Crippen molar-refractivity contribution in [1.29, 1.82) is 0 Å². The average Bonchev–Trinajstić information content (AvgIpc) is 2.96. The van der Waals surface area contributed by atoms with Crippen molar-refractivity contribution >= 4 is 17.4 Å². The van der Waals surface area contributed by atoms with E-state index in [1.54, 1.807) is 0 Å². The normalized spacial score (nSPS) is 18.2. The van der Waals surface area contributed by atoms with Crippen LogP contribution in [0.25, 0.3) is 5.57 Å². The molecule has 0 saturated carbocycles. The van der Waals surface area contributed by atoms with Gasteiger partial charge in [-0.05, 0) is 56.7 Å². The average molecular weight is 413 g/mol. The van der Waals surface area contributed by atoms with Crippen LogP contribution < -0.4 is 4.74 Å². The molecule has 164 valence electrons. The minimum Gasteiger partial charge on any atom is -0.491 e. The maximum absolute atomic E-state index is 13.3. The molecule has 0 spiro atoms. The Bertz CT molecular complexity index is 774. The van der Waals surface area contributed by atoms with Crippen LogP contribution in [0.1, 0.15) is 71.8 Å². The van der Waals surface area contributed by atoms with Crippen LogP contribution in [0.3, 0.4) is 0 Å². The Labute approximate surface area is 181 Å². The molecule has 2 aliphatic rings. The third-order valence-corrected chi connectivity index (χ3v) is 5.99. The first-order valence-corrected chi connectivity index (χ1v) is 11.5. The Kier molecular flexibility index (Phi) is 7.57. The topological polar surface area (TPSA) is 49.9 Å². The van der Waals surface area contributed by atoms with Crippen molar-refractivity contribution in [2.24, 2.45) is 5.92 Å². The minimum absolute atomic E-state index is 0.0919. The largest absolute Gasteiger partial charge is 0.491 e. The number of rotatable bonds is 9. The van der Waals surface area contributed by atoms with Gasteiger partial charge < -0.3 is 9.64 Å². The molecular weight excluding hydrogens is 376 g/mol. The first-order chi connectivity index (χ1) is 14.4. The lowest BCUT2D eigenvalue weighted by molar-refractivity contribution is -0.137. The highest BCUT2D eigenvalue weighted by Gasteiger charge is 2.41. The summed E-state index contributed by atoms with van der Waals surface area (Å²) < 4.78 is 5.74. The summed E-state index contributed by atoms with van der Waals surface area (Å²) in [5.74, 6) is 1.16. The third kappa shape index (κ3) is 5.05. The summed E-state index contributed by atoms with van der Waals surface area (Å²) in [6.07, 6.45) is 6.36. The Morgan fingerprint density at radius 2 is 1.67 bits per heavy atom. The molecule has 2 heterocycles. The molecule has 1 fully saturated rings. The molecule has 0 aliphatic carbocycles. The summed E-state index contributed by atoms with van der Waals surface area (Å²) in [5.41, 5.74) is 1.95. The Balaban J connectivity index is 1.88. The number of likely N-dealkylation sites (tertiary alicyclic amines) is 1. The van der Waals surface area contributed by atoms with Crippen molar-refractivity contribution in [1.82, 2.24) is 9.80 Å². The molecule has 30 heavy (non-hydrogen) atoms. The fourth-order valence-electron chi connectivity index (χ4n) is 4.22. The number of piperidine rings is 1. The number of benzene rings is 1. The number of nitrogens with zero attached hydrogens (tertiary/aromatic N) is 2. The molecule has 2 aliphatic heterocycles. The van der Waals surface area contributed by atoms with Crippen LogP contribution in [-0.2, 0) is 9.59 Å². The van der Waals surface area contributed by atoms with E-state index >= 15 is 0 Å². The fraction of sp³-hybridized carbons (Fsp3) is 0.600.